The fraction of sp³-hybridized carbons (Fsp3) is 0.421. The fourth-order valence-electron chi connectivity index (χ4n) is 3.56. The summed E-state index contributed by atoms with van der Waals surface area (Å²) in [7, 11) is 0. The number of para-hydroxylation sites is 1. The molecule has 0 saturated carbocycles. The summed E-state index contributed by atoms with van der Waals surface area (Å²) < 4.78 is 10.4. The highest BCUT2D eigenvalue weighted by atomic mass is 16.6. The second-order valence-electron chi connectivity index (χ2n) is 6.34. The number of carbonyl (C=O) groups excluding carboxylic acids is 2. The average Bonchev–Trinajstić information content (AvgIpc) is 2.84. The molecule has 0 bridgehead atoms. The summed E-state index contributed by atoms with van der Waals surface area (Å²) >= 11 is 0. The van der Waals surface area contributed by atoms with Gasteiger partial charge in [0.1, 0.15) is 0 Å². The van der Waals surface area contributed by atoms with Gasteiger partial charge in [-0.1, -0.05) is 24.6 Å². The van der Waals surface area contributed by atoms with Crippen molar-refractivity contribution < 1.29 is 19.1 Å². The number of hydrogen-bond acceptors (Lipinski definition) is 5. The zero-order chi connectivity index (χ0) is 16.5. The van der Waals surface area contributed by atoms with Gasteiger partial charge in [-0.2, -0.15) is 0 Å². The number of esters is 2. The minimum Gasteiger partial charge on any atom is -0.463 e. The van der Waals surface area contributed by atoms with Crippen LogP contribution in [0.5, 0.6) is 0 Å². The van der Waals surface area contributed by atoms with E-state index in [1.165, 1.54) is 0 Å². The van der Waals surface area contributed by atoms with Crippen molar-refractivity contribution >= 4 is 22.8 Å². The second-order valence-corrected chi connectivity index (χ2v) is 6.34. The van der Waals surface area contributed by atoms with Crippen LogP contribution in [0.2, 0.25) is 0 Å². The smallest absolute Gasteiger partial charge is 0.347 e. The van der Waals surface area contributed by atoms with E-state index in [1.807, 2.05) is 24.3 Å². The topological polar surface area (TPSA) is 65.5 Å². The van der Waals surface area contributed by atoms with Gasteiger partial charge in [-0.15, -0.1) is 0 Å². The Kier molecular flexibility index (Phi) is 3.92. The van der Waals surface area contributed by atoms with E-state index >= 15 is 0 Å². The van der Waals surface area contributed by atoms with E-state index in [4.69, 9.17) is 14.5 Å². The number of carbonyl (C=O) groups is 2. The molecule has 1 atom stereocenters. The van der Waals surface area contributed by atoms with Crippen LogP contribution in [0, 0.1) is 0 Å². The van der Waals surface area contributed by atoms with Gasteiger partial charge in [0.05, 0.1) is 17.7 Å². The third-order valence-corrected chi connectivity index (χ3v) is 4.76. The number of benzene rings is 1. The Morgan fingerprint density at radius 3 is 2.83 bits per heavy atom. The van der Waals surface area contributed by atoms with Crippen molar-refractivity contribution in [2.75, 3.05) is 6.61 Å². The molecule has 1 aromatic carbocycles. The van der Waals surface area contributed by atoms with Crippen LogP contribution in [0.25, 0.3) is 10.9 Å². The highest BCUT2D eigenvalue weighted by Gasteiger charge is 2.32. The Hall–Kier alpha value is -2.43. The molecule has 0 unspecified atom stereocenters. The maximum atomic E-state index is 12.9. The van der Waals surface area contributed by atoms with Crippen LogP contribution >= 0.6 is 0 Å². The summed E-state index contributed by atoms with van der Waals surface area (Å²) in [6, 6.07) is 7.63. The van der Waals surface area contributed by atoms with Crippen LogP contribution in [0.3, 0.4) is 0 Å². The molecule has 2 aliphatic rings. The van der Waals surface area contributed by atoms with Gasteiger partial charge in [0.2, 0.25) is 6.10 Å². The van der Waals surface area contributed by atoms with Crippen LogP contribution in [-0.4, -0.2) is 29.6 Å². The summed E-state index contributed by atoms with van der Waals surface area (Å²) in [5.74, 6) is -0.886. The molecule has 5 heteroatoms. The number of nitrogens with zero attached hydrogens (tertiary/aromatic N) is 1. The summed E-state index contributed by atoms with van der Waals surface area (Å²) in [4.78, 5) is 29.3. The normalized spacial score (nSPS) is 20.3. The molecule has 0 N–H and O–H groups in total. The number of pyridine rings is 1. The molecule has 5 nitrogen and oxygen atoms in total. The first-order valence-corrected chi connectivity index (χ1v) is 8.52. The zero-order valence-corrected chi connectivity index (χ0v) is 13.4. The lowest BCUT2D eigenvalue weighted by molar-refractivity contribution is -0.145. The second kappa shape index (κ2) is 6.23. The quantitative estimate of drug-likeness (QED) is 0.627. The van der Waals surface area contributed by atoms with Gasteiger partial charge < -0.3 is 9.47 Å². The maximum absolute atomic E-state index is 12.9. The zero-order valence-electron chi connectivity index (χ0n) is 13.4. The number of fused-ring (bicyclic) bond motifs is 2. The molecule has 124 valence electrons. The van der Waals surface area contributed by atoms with Crippen LogP contribution in [-0.2, 0) is 27.1 Å². The van der Waals surface area contributed by atoms with Crippen LogP contribution in [0.4, 0.5) is 0 Å². The van der Waals surface area contributed by atoms with E-state index in [1.54, 1.807) is 0 Å². The number of aryl methyl sites for hydroxylation is 1. The van der Waals surface area contributed by atoms with E-state index in [2.05, 4.69) is 0 Å². The first-order chi connectivity index (χ1) is 11.7. The summed E-state index contributed by atoms with van der Waals surface area (Å²) in [6.07, 6.45) is 4.61. The molecular weight excluding hydrogens is 306 g/mol. The number of cyclic esters (lactones) is 1. The van der Waals surface area contributed by atoms with Gasteiger partial charge in [0.25, 0.3) is 0 Å². The highest BCUT2D eigenvalue weighted by molar-refractivity contribution is 6.05. The standard InChI is InChI=1S/C19H19NO4/c21-18-16(10-11-23-18)24-19(22)17-12-6-2-1-3-8-14(12)20-15-9-5-4-7-13(15)17/h4-5,7,9,16H,1-3,6,8,10-11H2/t16-/m1/s1. The third-order valence-electron chi connectivity index (χ3n) is 4.76. The lowest BCUT2D eigenvalue weighted by Gasteiger charge is -2.16. The van der Waals surface area contributed by atoms with Crippen molar-refractivity contribution in [1.82, 2.24) is 4.98 Å². The predicted octanol–water partition coefficient (Wildman–Crippen LogP) is 2.98. The minimum atomic E-state index is -0.786. The van der Waals surface area contributed by atoms with Crippen LogP contribution in [0.1, 0.15) is 47.3 Å². The van der Waals surface area contributed by atoms with Crippen LogP contribution in [0.15, 0.2) is 24.3 Å². The van der Waals surface area contributed by atoms with Gasteiger partial charge in [-0.3, -0.25) is 4.98 Å². The molecule has 1 saturated heterocycles. The van der Waals surface area contributed by atoms with Crippen molar-refractivity contribution in [3.05, 3.63) is 41.1 Å². The Bertz CT molecular complexity index is 814. The maximum Gasteiger partial charge on any atom is 0.347 e. The molecule has 0 spiro atoms. The Morgan fingerprint density at radius 1 is 1.17 bits per heavy atom. The summed E-state index contributed by atoms with van der Waals surface area (Å²) in [6.45, 7) is 0.311. The molecule has 0 radical (unpaired) electrons. The summed E-state index contributed by atoms with van der Waals surface area (Å²) in [5.41, 5.74) is 3.37. The van der Waals surface area contributed by atoms with Crippen molar-refractivity contribution in [3.63, 3.8) is 0 Å². The highest BCUT2D eigenvalue weighted by Crippen LogP contribution is 2.30. The van der Waals surface area contributed by atoms with E-state index in [-0.39, 0.29) is 0 Å². The minimum absolute atomic E-state index is 0.311. The van der Waals surface area contributed by atoms with Gasteiger partial charge in [0.15, 0.2) is 0 Å². The van der Waals surface area contributed by atoms with Crippen LogP contribution < -0.4 is 0 Å². The molecule has 1 fully saturated rings. The molecule has 2 heterocycles. The van der Waals surface area contributed by atoms with E-state index < -0.39 is 18.0 Å². The Morgan fingerprint density at radius 2 is 2.00 bits per heavy atom. The van der Waals surface area contributed by atoms with E-state index in [0.29, 0.717) is 18.6 Å². The largest absolute Gasteiger partial charge is 0.463 e. The number of ether oxygens (including phenoxy) is 2. The SMILES string of the molecule is O=C(O[C@@H]1CCOC1=O)c1c2c(nc3ccccc13)CCCCC2. The lowest BCUT2D eigenvalue weighted by Crippen LogP contribution is -2.24. The molecule has 24 heavy (non-hydrogen) atoms. The van der Waals surface area contributed by atoms with Crippen molar-refractivity contribution in [2.45, 2.75) is 44.6 Å². The van der Waals surface area contributed by atoms with Gasteiger partial charge in [-0.05, 0) is 37.3 Å². The Balaban J connectivity index is 1.81. The Labute approximate surface area is 140 Å². The fourth-order valence-corrected chi connectivity index (χ4v) is 3.56. The molecule has 1 aliphatic heterocycles. The van der Waals surface area contributed by atoms with Crippen molar-refractivity contribution in [3.8, 4) is 0 Å². The van der Waals surface area contributed by atoms with E-state index in [0.717, 1.165) is 54.3 Å². The molecular formula is C19H19NO4. The average molecular weight is 325 g/mol. The number of aromatic nitrogens is 1. The third kappa shape index (κ3) is 2.64. The van der Waals surface area contributed by atoms with Gasteiger partial charge in [0, 0.05) is 17.5 Å². The van der Waals surface area contributed by atoms with E-state index in [9.17, 15) is 9.59 Å². The monoisotopic (exact) mass is 325 g/mol. The summed E-state index contributed by atoms with van der Waals surface area (Å²) in [5, 5.41) is 0.800. The molecule has 2 aromatic rings. The van der Waals surface area contributed by atoms with Crippen molar-refractivity contribution in [1.29, 1.82) is 0 Å². The first kappa shape index (κ1) is 15.1. The number of rotatable bonds is 2. The molecule has 1 aromatic heterocycles. The van der Waals surface area contributed by atoms with Gasteiger partial charge in [-0.25, -0.2) is 9.59 Å². The van der Waals surface area contributed by atoms with Crippen molar-refractivity contribution in [2.24, 2.45) is 0 Å². The predicted molar refractivity (Wildman–Crippen MR) is 87.8 cm³/mol. The number of hydrogen-bond donors (Lipinski definition) is 0. The molecule has 1 aliphatic carbocycles. The molecule has 4 rings (SSSR count). The lowest BCUT2D eigenvalue weighted by atomic mass is 9.97. The van der Waals surface area contributed by atoms with Gasteiger partial charge >= 0.3 is 11.9 Å². The first-order valence-electron chi connectivity index (χ1n) is 8.52. The molecule has 0 amide bonds.